The van der Waals surface area contributed by atoms with E-state index >= 15 is 0 Å². The summed E-state index contributed by atoms with van der Waals surface area (Å²) in [6, 6.07) is 4.94. The highest BCUT2D eigenvalue weighted by Crippen LogP contribution is 2.32. The van der Waals surface area contributed by atoms with Crippen LogP contribution in [0.5, 0.6) is 5.75 Å². The van der Waals surface area contributed by atoms with E-state index in [1.54, 1.807) is 6.07 Å². The molecular formula is C15H22FNO. The molecule has 0 amide bonds. The van der Waals surface area contributed by atoms with Crippen molar-refractivity contribution in [2.75, 3.05) is 5.32 Å². The smallest absolute Gasteiger partial charge is 0.166 e. The lowest BCUT2D eigenvalue weighted by Crippen LogP contribution is -2.35. The molecule has 1 aliphatic rings. The molecule has 1 aromatic carbocycles. The molecule has 1 aliphatic carbocycles. The van der Waals surface area contributed by atoms with E-state index in [1.165, 1.54) is 31.4 Å². The Morgan fingerprint density at radius 1 is 1.28 bits per heavy atom. The van der Waals surface area contributed by atoms with Crippen LogP contribution in [0.4, 0.5) is 10.1 Å². The molecule has 2 nitrogen and oxygen atoms in total. The van der Waals surface area contributed by atoms with Gasteiger partial charge in [0.25, 0.3) is 0 Å². The Morgan fingerprint density at radius 2 is 2.00 bits per heavy atom. The van der Waals surface area contributed by atoms with Gasteiger partial charge in [-0.25, -0.2) is 4.39 Å². The molecule has 3 heteroatoms. The molecule has 2 rings (SSSR count). The summed E-state index contributed by atoms with van der Waals surface area (Å²) in [6.45, 7) is 4.50. The van der Waals surface area contributed by atoms with Gasteiger partial charge in [-0.1, -0.05) is 26.7 Å². The zero-order chi connectivity index (χ0) is 13.1. The van der Waals surface area contributed by atoms with E-state index in [-0.39, 0.29) is 5.75 Å². The lowest BCUT2D eigenvalue weighted by atomic mass is 9.78. The van der Waals surface area contributed by atoms with Crippen LogP contribution in [0, 0.1) is 17.7 Å². The van der Waals surface area contributed by atoms with Crippen molar-refractivity contribution in [1.29, 1.82) is 0 Å². The molecule has 2 N–H and O–H groups in total. The minimum absolute atomic E-state index is 0.287. The van der Waals surface area contributed by atoms with E-state index in [4.69, 9.17) is 0 Å². The average molecular weight is 251 g/mol. The van der Waals surface area contributed by atoms with Crippen LogP contribution >= 0.6 is 0 Å². The molecule has 2 unspecified atom stereocenters. The quantitative estimate of drug-likeness (QED) is 0.791. The van der Waals surface area contributed by atoms with Crippen molar-refractivity contribution in [3.05, 3.63) is 24.0 Å². The molecule has 0 spiro atoms. The number of hydrogen-bond acceptors (Lipinski definition) is 2. The van der Waals surface area contributed by atoms with Crippen molar-refractivity contribution in [3.8, 4) is 5.75 Å². The van der Waals surface area contributed by atoms with E-state index in [1.807, 2.05) is 0 Å². The Kier molecular flexibility index (Phi) is 4.10. The maximum absolute atomic E-state index is 13.3. The minimum Gasteiger partial charge on any atom is -0.505 e. The van der Waals surface area contributed by atoms with Crippen LogP contribution < -0.4 is 5.32 Å². The van der Waals surface area contributed by atoms with Crippen molar-refractivity contribution in [3.63, 3.8) is 0 Å². The molecule has 0 radical (unpaired) electrons. The van der Waals surface area contributed by atoms with Gasteiger partial charge in [0.1, 0.15) is 0 Å². The maximum Gasteiger partial charge on any atom is 0.166 e. The van der Waals surface area contributed by atoms with Gasteiger partial charge < -0.3 is 10.4 Å². The molecule has 18 heavy (non-hydrogen) atoms. The highest BCUT2D eigenvalue weighted by atomic mass is 19.1. The number of aromatic hydroxyl groups is 1. The number of anilines is 1. The van der Waals surface area contributed by atoms with Crippen LogP contribution in [0.2, 0.25) is 0 Å². The summed E-state index contributed by atoms with van der Waals surface area (Å²) < 4.78 is 13.3. The lowest BCUT2D eigenvalue weighted by molar-refractivity contribution is 0.254. The summed E-state index contributed by atoms with van der Waals surface area (Å²) in [5.74, 6) is 0.446. The largest absolute Gasteiger partial charge is 0.505 e. The van der Waals surface area contributed by atoms with Crippen LogP contribution in [-0.4, -0.2) is 11.1 Å². The van der Waals surface area contributed by atoms with E-state index in [0.29, 0.717) is 17.9 Å². The number of hydrogen-bond donors (Lipinski definition) is 2. The van der Waals surface area contributed by atoms with Gasteiger partial charge in [0.15, 0.2) is 11.6 Å². The SMILES string of the molecule is CC(C)C1CCCCC1Nc1ccc(O)c(F)c1. The van der Waals surface area contributed by atoms with Gasteiger partial charge in [0, 0.05) is 17.8 Å². The van der Waals surface area contributed by atoms with Crippen molar-refractivity contribution in [1.82, 2.24) is 0 Å². The van der Waals surface area contributed by atoms with Crippen molar-refractivity contribution in [2.24, 2.45) is 11.8 Å². The first-order chi connectivity index (χ1) is 8.58. The van der Waals surface area contributed by atoms with E-state index < -0.39 is 5.82 Å². The minimum atomic E-state index is -0.558. The van der Waals surface area contributed by atoms with Crippen LogP contribution in [0.3, 0.4) is 0 Å². The van der Waals surface area contributed by atoms with Gasteiger partial charge >= 0.3 is 0 Å². The monoisotopic (exact) mass is 251 g/mol. The average Bonchev–Trinajstić information content (AvgIpc) is 2.34. The molecule has 100 valence electrons. The van der Waals surface area contributed by atoms with Crippen LogP contribution in [0.25, 0.3) is 0 Å². The third kappa shape index (κ3) is 2.95. The molecule has 0 aromatic heterocycles. The van der Waals surface area contributed by atoms with Crippen molar-refractivity contribution >= 4 is 5.69 Å². The van der Waals surface area contributed by atoms with Gasteiger partial charge in [-0.3, -0.25) is 0 Å². The van der Waals surface area contributed by atoms with Crippen LogP contribution in [-0.2, 0) is 0 Å². The highest BCUT2D eigenvalue weighted by Gasteiger charge is 2.27. The molecule has 0 saturated heterocycles. The fraction of sp³-hybridized carbons (Fsp3) is 0.600. The molecule has 0 heterocycles. The predicted molar refractivity (Wildman–Crippen MR) is 72.3 cm³/mol. The lowest BCUT2D eigenvalue weighted by Gasteiger charge is -2.35. The first-order valence-corrected chi connectivity index (χ1v) is 6.83. The topological polar surface area (TPSA) is 32.3 Å². The van der Waals surface area contributed by atoms with Gasteiger partial charge in [-0.05, 0) is 36.8 Å². The Labute approximate surface area is 108 Å². The van der Waals surface area contributed by atoms with Crippen LogP contribution in [0.15, 0.2) is 18.2 Å². The standard InChI is InChI=1S/C15H22FNO/c1-10(2)12-5-3-4-6-14(12)17-11-7-8-15(18)13(16)9-11/h7-10,12,14,17-18H,3-6H2,1-2H3. The van der Waals surface area contributed by atoms with Crippen LogP contribution in [0.1, 0.15) is 39.5 Å². The normalized spacial score (nSPS) is 24.2. The molecular weight excluding hydrogens is 229 g/mol. The van der Waals surface area contributed by atoms with E-state index in [2.05, 4.69) is 19.2 Å². The second-order valence-corrected chi connectivity index (χ2v) is 5.61. The molecule has 2 atom stereocenters. The number of benzene rings is 1. The zero-order valence-corrected chi connectivity index (χ0v) is 11.1. The summed E-state index contributed by atoms with van der Waals surface area (Å²) in [5.41, 5.74) is 0.767. The highest BCUT2D eigenvalue weighted by molar-refractivity contribution is 5.47. The summed E-state index contributed by atoms with van der Waals surface area (Å²) in [6.07, 6.45) is 4.92. The predicted octanol–water partition coefficient (Wildman–Crippen LogP) is 4.16. The number of nitrogens with one attached hydrogen (secondary N) is 1. The van der Waals surface area contributed by atoms with Crippen molar-refractivity contribution < 1.29 is 9.50 Å². The number of phenols is 1. The third-order valence-corrected chi connectivity index (χ3v) is 3.98. The van der Waals surface area contributed by atoms with Gasteiger partial charge in [-0.2, -0.15) is 0 Å². The summed E-state index contributed by atoms with van der Waals surface area (Å²) >= 11 is 0. The number of rotatable bonds is 3. The van der Waals surface area contributed by atoms with Gasteiger partial charge in [-0.15, -0.1) is 0 Å². The Hall–Kier alpha value is -1.25. The summed E-state index contributed by atoms with van der Waals surface area (Å²) in [7, 11) is 0. The Morgan fingerprint density at radius 3 is 2.67 bits per heavy atom. The molecule has 0 aliphatic heterocycles. The third-order valence-electron chi connectivity index (χ3n) is 3.98. The fourth-order valence-electron chi connectivity index (χ4n) is 2.95. The fourth-order valence-corrected chi connectivity index (χ4v) is 2.95. The molecule has 1 saturated carbocycles. The van der Waals surface area contributed by atoms with E-state index in [0.717, 1.165) is 12.1 Å². The molecule has 1 fully saturated rings. The van der Waals surface area contributed by atoms with Gasteiger partial charge in [0.2, 0.25) is 0 Å². The Bertz CT molecular complexity index is 405. The zero-order valence-electron chi connectivity index (χ0n) is 11.1. The number of halogens is 1. The second kappa shape index (κ2) is 5.59. The maximum atomic E-state index is 13.3. The summed E-state index contributed by atoms with van der Waals surface area (Å²) in [5, 5.41) is 12.6. The first kappa shape index (κ1) is 13.2. The molecule has 1 aromatic rings. The van der Waals surface area contributed by atoms with Gasteiger partial charge in [0.05, 0.1) is 0 Å². The van der Waals surface area contributed by atoms with E-state index in [9.17, 15) is 9.50 Å². The number of phenolic OH excluding ortho intramolecular Hbond substituents is 1. The van der Waals surface area contributed by atoms with Crippen molar-refractivity contribution in [2.45, 2.75) is 45.6 Å². The molecule has 0 bridgehead atoms. The Balaban J connectivity index is 2.08. The second-order valence-electron chi connectivity index (χ2n) is 5.61. The first-order valence-electron chi connectivity index (χ1n) is 6.83. The summed E-state index contributed by atoms with van der Waals surface area (Å²) in [4.78, 5) is 0.